The molecule has 1 saturated carbocycles. The van der Waals surface area contributed by atoms with Crippen molar-refractivity contribution in [1.82, 2.24) is 8.61 Å². The van der Waals surface area contributed by atoms with Gasteiger partial charge in [-0.25, -0.2) is 0 Å². The van der Waals surface area contributed by atoms with E-state index in [9.17, 15) is 13.2 Å². The Bertz CT molecular complexity index is 900. The number of hydrogen-bond donors (Lipinski definition) is 1. The van der Waals surface area contributed by atoms with Crippen LogP contribution in [0.2, 0.25) is 0 Å². The Kier molecular flexibility index (Phi) is 4.44. The Hall–Kier alpha value is -1.70. The summed E-state index contributed by atoms with van der Waals surface area (Å²) < 4.78 is 27.2. The molecule has 1 aliphatic heterocycles. The molecule has 1 amide bonds. The zero-order valence-electron chi connectivity index (χ0n) is 15.9. The molecule has 0 unspecified atom stereocenters. The van der Waals surface area contributed by atoms with Gasteiger partial charge in [0.1, 0.15) is 0 Å². The second-order valence-electron chi connectivity index (χ2n) is 8.37. The molecule has 2 aliphatic carbocycles. The van der Waals surface area contributed by atoms with Crippen LogP contribution in [0.25, 0.3) is 5.57 Å². The molecule has 3 aliphatic rings. The number of benzene rings is 1. The number of allylic oxidation sites excluding steroid dienone is 2. The van der Waals surface area contributed by atoms with Gasteiger partial charge in [0.2, 0.25) is 5.91 Å². The molecule has 1 aromatic carbocycles. The highest BCUT2D eigenvalue weighted by Gasteiger charge is 2.43. The van der Waals surface area contributed by atoms with Gasteiger partial charge in [-0.15, -0.1) is 0 Å². The first-order valence-electron chi connectivity index (χ1n) is 9.53. The number of rotatable bonds is 3. The summed E-state index contributed by atoms with van der Waals surface area (Å²) in [6, 6.07) is 5.78. The average molecular weight is 390 g/mol. The van der Waals surface area contributed by atoms with Gasteiger partial charge in [-0.1, -0.05) is 18.2 Å². The monoisotopic (exact) mass is 389 g/mol. The van der Waals surface area contributed by atoms with Crippen molar-refractivity contribution in [3.05, 3.63) is 41.0 Å². The van der Waals surface area contributed by atoms with Crippen LogP contribution >= 0.6 is 0 Å². The molecule has 1 heterocycles. The van der Waals surface area contributed by atoms with Gasteiger partial charge in [0.05, 0.1) is 0 Å². The molecular formula is C20H27N3O3S. The number of amides is 1. The molecule has 0 aromatic heterocycles. The fourth-order valence-electron chi connectivity index (χ4n) is 4.43. The molecule has 2 N–H and O–H groups in total. The Labute approximate surface area is 161 Å². The molecule has 0 atom stereocenters. The Morgan fingerprint density at radius 2 is 1.81 bits per heavy atom. The molecule has 27 heavy (non-hydrogen) atoms. The molecule has 1 spiro atoms. The maximum atomic E-state index is 12.2. The Morgan fingerprint density at radius 3 is 2.33 bits per heavy atom. The van der Waals surface area contributed by atoms with Crippen molar-refractivity contribution in [2.24, 2.45) is 11.1 Å². The lowest BCUT2D eigenvalue weighted by Crippen LogP contribution is -2.49. The van der Waals surface area contributed by atoms with E-state index in [1.54, 1.807) is 20.2 Å². The number of nitrogens with two attached hydrogens (primary N) is 1. The van der Waals surface area contributed by atoms with Gasteiger partial charge in [0.15, 0.2) is 0 Å². The third-order valence-corrected chi connectivity index (χ3v) is 8.41. The first kappa shape index (κ1) is 18.7. The summed E-state index contributed by atoms with van der Waals surface area (Å²) in [5.41, 5.74) is 9.89. The van der Waals surface area contributed by atoms with Crippen molar-refractivity contribution < 1.29 is 13.2 Å². The van der Waals surface area contributed by atoms with Crippen molar-refractivity contribution in [1.29, 1.82) is 0 Å². The fourth-order valence-corrected chi connectivity index (χ4v) is 5.64. The van der Waals surface area contributed by atoms with E-state index in [1.807, 2.05) is 6.07 Å². The number of carbonyl (C=O) groups excluding carboxylic acids is 1. The Balaban J connectivity index is 1.67. The highest BCUT2D eigenvalue weighted by Crippen LogP contribution is 2.56. The summed E-state index contributed by atoms with van der Waals surface area (Å²) in [5.74, 6) is -0.354. The van der Waals surface area contributed by atoms with Crippen LogP contribution in [0, 0.1) is 5.41 Å². The van der Waals surface area contributed by atoms with Crippen LogP contribution in [0.5, 0.6) is 0 Å². The SMILES string of the molecule is CN1CC(c2ccc(C(N)=O)c(C3=CCC4(CC3)CC4)c2)CN(C)S1(=O)=O. The van der Waals surface area contributed by atoms with Crippen molar-refractivity contribution in [3.8, 4) is 0 Å². The average Bonchev–Trinajstić information content (AvgIpc) is 3.38. The standard InChI is InChI=1S/C20H27N3O3S/c1-22-12-16(13-23(2)27(22,25)26)15-3-4-17(19(21)24)18(11-15)14-5-7-20(8-6-14)9-10-20/h3-5,11,16H,6-10,12-13H2,1-2H3,(H2,21,24). The minimum atomic E-state index is -3.36. The zero-order chi connectivity index (χ0) is 19.4. The van der Waals surface area contributed by atoms with Crippen LogP contribution in [-0.2, 0) is 10.2 Å². The highest BCUT2D eigenvalue weighted by molar-refractivity contribution is 7.86. The lowest BCUT2D eigenvalue weighted by molar-refractivity contribution is 0.1000. The van der Waals surface area contributed by atoms with Crippen LogP contribution < -0.4 is 5.73 Å². The molecule has 2 fully saturated rings. The molecule has 6 nitrogen and oxygen atoms in total. The zero-order valence-corrected chi connectivity index (χ0v) is 16.8. The van der Waals surface area contributed by atoms with Gasteiger partial charge >= 0.3 is 0 Å². The smallest absolute Gasteiger partial charge is 0.281 e. The molecule has 4 rings (SSSR count). The van der Waals surface area contributed by atoms with Gasteiger partial charge in [0.25, 0.3) is 10.2 Å². The summed E-state index contributed by atoms with van der Waals surface area (Å²) in [5, 5.41) is 0. The Morgan fingerprint density at radius 1 is 1.15 bits per heavy atom. The summed E-state index contributed by atoms with van der Waals surface area (Å²) in [7, 11) is -0.145. The summed E-state index contributed by atoms with van der Waals surface area (Å²) >= 11 is 0. The lowest BCUT2D eigenvalue weighted by Gasteiger charge is -2.36. The van der Waals surface area contributed by atoms with Crippen molar-refractivity contribution in [3.63, 3.8) is 0 Å². The lowest BCUT2D eigenvalue weighted by atomic mass is 9.82. The van der Waals surface area contributed by atoms with E-state index in [1.165, 1.54) is 33.4 Å². The van der Waals surface area contributed by atoms with Gasteiger partial charge in [-0.3, -0.25) is 4.79 Å². The van der Waals surface area contributed by atoms with Crippen LogP contribution in [0.3, 0.4) is 0 Å². The largest absolute Gasteiger partial charge is 0.366 e. The topological polar surface area (TPSA) is 83.7 Å². The fraction of sp³-hybridized carbons (Fsp3) is 0.550. The molecule has 146 valence electrons. The molecule has 0 bridgehead atoms. The second kappa shape index (κ2) is 6.43. The van der Waals surface area contributed by atoms with Crippen LogP contribution in [-0.4, -0.2) is 50.1 Å². The van der Waals surface area contributed by atoms with Gasteiger partial charge in [-0.2, -0.15) is 17.0 Å². The first-order valence-corrected chi connectivity index (χ1v) is 10.9. The van der Waals surface area contributed by atoms with Gasteiger partial charge < -0.3 is 5.73 Å². The summed E-state index contributed by atoms with van der Waals surface area (Å²) in [6.45, 7) is 0.869. The van der Waals surface area contributed by atoms with E-state index in [4.69, 9.17) is 5.73 Å². The predicted molar refractivity (Wildman–Crippen MR) is 105 cm³/mol. The first-order chi connectivity index (χ1) is 12.7. The van der Waals surface area contributed by atoms with E-state index in [2.05, 4.69) is 12.1 Å². The van der Waals surface area contributed by atoms with Gasteiger partial charge in [-0.05, 0) is 60.3 Å². The van der Waals surface area contributed by atoms with Crippen LogP contribution in [0.1, 0.15) is 59.5 Å². The van der Waals surface area contributed by atoms with Crippen molar-refractivity contribution >= 4 is 21.7 Å². The number of primary amides is 1. The minimum Gasteiger partial charge on any atom is -0.366 e. The van der Waals surface area contributed by atoms with Gasteiger partial charge in [0, 0.05) is 38.7 Å². The number of nitrogens with zero attached hydrogens (tertiary/aromatic N) is 2. The number of hydrogen-bond acceptors (Lipinski definition) is 3. The predicted octanol–water partition coefficient (Wildman–Crippen LogP) is 2.34. The number of likely N-dealkylation sites (N-methyl/N-ethyl adjacent to an activating group) is 2. The maximum Gasteiger partial charge on any atom is 0.281 e. The molecule has 1 saturated heterocycles. The number of carbonyl (C=O) groups is 1. The van der Waals surface area contributed by atoms with E-state index in [0.717, 1.165) is 24.0 Å². The van der Waals surface area contributed by atoms with E-state index in [0.29, 0.717) is 24.1 Å². The quantitative estimate of drug-likeness (QED) is 0.861. The summed E-state index contributed by atoms with van der Waals surface area (Å²) in [4.78, 5) is 12.0. The normalized spacial score (nSPS) is 25.3. The van der Waals surface area contributed by atoms with E-state index < -0.39 is 16.1 Å². The van der Waals surface area contributed by atoms with Crippen molar-refractivity contribution in [2.45, 2.75) is 38.0 Å². The minimum absolute atomic E-state index is 0.0585. The molecule has 0 radical (unpaired) electrons. The maximum absolute atomic E-state index is 12.2. The third-order valence-electron chi connectivity index (χ3n) is 6.53. The molecule has 1 aromatic rings. The second-order valence-corrected chi connectivity index (χ2v) is 10.5. The molecule has 7 heteroatoms. The van der Waals surface area contributed by atoms with Crippen molar-refractivity contribution in [2.75, 3.05) is 27.2 Å². The molecular weight excluding hydrogens is 362 g/mol. The summed E-state index contributed by atoms with van der Waals surface area (Å²) in [6.07, 6.45) is 8.14. The van der Waals surface area contributed by atoms with Crippen LogP contribution in [0.15, 0.2) is 24.3 Å². The highest BCUT2D eigenvalue weighted by atomic mass is 32.2. The third kappa shape index (κ3) is 3.32. The van der Waals surface area contributed by atoms with E-state index in [-0.39, 0.29) is 5.92 Å². The van der Waals surface area contributed by atoms with E-state index >= 15 is 0 Å². The van der Waals surface area contributed by atoms with Crippen LogP contribution in [0.4, 0.5) is 0 Å².